The van der Waals surface area contributed by atoms with Crippen LogP contribution in [-0.2, 0) is 0 Å². The summed E-state index contributed by atoms with van der Waals surface area (Å²) < 4.78 is 13.6. The Kier molecular flexibility index (Phi) is 3.50. The topological polar surface area (TPSA) is 37.8 Å². The molecule has 0 radical (unpaired) electrons. The summed E-state index contributed by atoms with van der Waals surface area (Å²) in [6, 6.07) is 0. The first kappa shape index (κ1) is 12.2. The molecular formula is C10H15ClFN3. The molecule has 0 aromatic carbocycles. The molecule has 1 atom stereocenters. The van der Waals surface area contributed by atoms with Crippen molar-refractivity contribution in [1.82, 2.24) is 9.97 Å². The predicted octanol–water partition coefficient (Wildman–Crippen LogP) is 2.74. The van der Waals surface area contributed by atoms with Crippen molar-refractivity contribution in [3.8, 4) is 0 Å². The van der Waals surface area contributed by atoms with E-state index in [9.17, 15) is 4.39 Å². The van der Waals surface area contributed by atoms with Crippen LogP contribution in [0.5, 0.6) is 0 Å². The summed E-state index contributed by atoms with van der Waals surface area (Å²) in [6.07, 6.45) is 1.33. The Bertz CT molecular complexity index is 353. The third-order valence-corrected chi connectivity index (χ3v) is 2.94. The van der Waals surface area contributed by atoms with Gasteiger partial charge in [-0.05, 0) is 27.7 Å². The number of alkyl halides is 1. The average molecular weight is 232 g/mol. The Hall–Kier alpha value is -0.900. The van der Waals surface area contributed by atoms with Gasteiger partial charge in [-0.2, -0.15) is 0 Å². The van der Waals surface area contributed by atoms with Gasteiger partial charge in [0, 0.05) is 5.54 Å². The first-order valence-corrected chi connectivity index (χ1v) is 5.17. The molecule has 1 rings (SSSR count). The van der Waals surface area contributed by atoms with Gasteiger partial charge in [-0.25, -0.2) is 14.4 Å². The number of nitrogens with one attached hydrogen (secondary N) is 1. The van der Waals surface area contributed by atoms with Gasteiger partial charge in [-0.1, -0.05) is 0 Å². The lowest BCUT2D eigenvalue weighted by Gasteiger charge is -2.29. The van der Waals surface area contributed by atoms with Crippen LogP contribution < -0.4 is 5.32 Å². The lowest BCUT2D eigenvalue weighted by molar-refractivity contribution is 0.536. The molecular weight excluding hydrogens is 217 g/mol. The molecule has 0 aliphatic carbocycles. The summed E-state index contributed by atoms with van der Waals surface area (Å²) in [6.45, 7) is 7.23. The second-order valence-corrected chi connectivity index (χ2v) is 4.74. The van der Waals surface area contributed by atoms with Crippen LogP contribution in [0.2, 0.25) is 0 Å². The van der Waals surface area contributed by atoms with E-state index < -0.39 is 11.4 Å². The molecule has 15 heavy (non-hydrogen) atoms. The summed E-state index contributed by atoms with van der Waals surface area (Å²) >= 11 is 5.98. The molecule has 1 heterocycles. The minimum Gasteiger partial charge on any atom is -0.361 e. The van der Waals surface area contributed by atoms with Gasteiger partial charge in [0.05, 0.1) is 11.1 Å². The number of aryl methyl sites for hydroxylation is 1. The molecule has 1 N–H and O–H groups in total. The minimum atomic E-state index is -0.428. The Balaban J connectivity index is 2.95. The van der Waals surface area contributed by atoms with Crippen molar-refractivity contribution in [2.75, 3.05) is 5.32 Å². The summed E-state index contributed by atoms with van der Waals surface area (Å²) in [5.41, 5.74) is -0.103. The largest absolute Gasteiger partial charge is 0.361 e. The smallest absolute Gasteiger partial charge is 0.186 e. The summed E-state index contributed by atoms with van der Waals surface area (Å²) in [5.74, 6) is -0.233. The van der Waals surface area contributed by atoms with E-state index in [4.69, 9.17) is 11.6 Å². The van der Waals surface area contributed by atoms with Crippen LogP contribution in [0.1, 0.15) is 26.5 Å². The summed E-state index contributed by atoms with van der Waals surface area (Å²) in [4.78, 5) is 7.61. The third-order valence-electron chi connectivity index (χ3n) is 2.40. The first-order chi connectivity index (χ1) is 6.84. The number of rotatable bonds is 3. The zero-order valence-electron chi connectivity index (χ0n) is 9.31. The number of hydrogen-bond donors (Lipinski definition) is 1. The van der Waals surface area contributed by atoms with Crippen molar-refractivity contribution < 1.29 is 4.39 Å². The van der Waals surface area contributed by atoms with Crippen molar-refractivity contribution in [1.29, 1.82) is 0 Å². The van der Waals surface area contributed by atoms with E-state index in [2.05, 4.69) is 15.3 Å². The maximum Gasteiger partial charge on any atom is 0.186 e. The molecule has 0 aliphatic heterocycles. The predicted molar refractivity (Wildman–Crippen MR) is 59.7 cm³/mol. The fraction of sp³-hybridized carbons (Fsp3) is 0.600. The van der Waals surface area contributed by atoms with E-state index >= 15 is 0 Å². The van der Waals surface area contributed by atoms with Crippen LogP contribution in [0.4, 0.5) is 10.2 Å². The molecule has 0 saturated heterocycles. The van der Waals surface area contributed by atoms with E-state index in [1.54, 1.807) is 6.92 Å². The standard InChI is InChI=1S/C10H15ClFN3/c1-6-8(12)9(14-5-13-6)15-10(3,4)7(2)11/h5,7H,1-4H3,(H,13,14,15). The SMILES string of the molecule is Cc1ncnc(NC(C)(C)C(C)Cl)c1F. The monoisotopic (exact) mass is 231 g/mol. The number of anilines is 1. The molecule has 1 aromatic rings. The van der Waals surface area contributed by atoms with Crippen LogP contribution in [-0.4, -0.2) is 20.9 Å². The number of hydrogen-bond acceptors (Lipinski definition) is 3. The van der Waals surface area contributed by atoms with Gasteiger partial charge in [0.1, 0.15) is 6.33 Å². The van der Waals surface area contributed by atoms with Gasteiger partial charge in [-0.15, -0.1) is 11.6 Å². The molecule has 5 heteroatoms. The molecule has 0 bridgehead atoms. The van der Waals surface area contributed by atoms with Gasteiger partial charge < -0.3 is 5.32 Å². The molecule has 3 nitrogen and oxygen atoms in total. The quantitative estimate of drug-likeness (QED) is 0.813. The normalized spacial score (nSPS) is 13.7. The second-order valence-electron chi connectivity index (χ2n) is 4.08. The second kappa shape index (κ2) is 4.31. The molecule has 0 saturated carbocycles. The van der Waals surface area contributed by atoms with E-state index in [-0.39, 0.29) is 11.2 Å². The molecule has 84 valence electrons. The van der Waals surface area contributed by atoms with Gasteiger partial charge in [0.2, 0.25) is 0 Å². The average Bonchev–Trinajstić information content (AvgIpc) is 2.12. The maximum atomic E-state index is 13.6. The lowest BCUT2D eigenvalue weighted by atomic mass is 10.0. The van der Waals surface area contributed by atoms with Crippen LogP contribution in [0.15, 0.2) is 6.33 Å². The highest BCUT2D eigenvalue weighted by atomic mass is 35.5. The lowest BCUT2D eigenvalue weighted by Crippen LogP contribution is -2.39. The third kappa shape index (κ3) is 2.78. The van der Waals surface area contributed by atoms with Crippen LogP contribution in [0, 0.1) is 12.7 Å². The van der Waals surface area contributed by atoms with E-state index in [1.165, 1.54) is 6.33 Å². The minimum absolute atomic E-state index is 0.146. The Morgan fingerprint density at radius 2 is 2.07 bits per heavy atom. The maximum absolute atomic E-state index is 13.6. The molecule has 1 aromatic heterocycles. The summed E-state index contributed by atoms with van der Waals surface area (Å²) in [5, 5.41) is 2.82. The Labute approximate surface area is 94.1 Å². The fourth-order valence-corrected chi connectivity index (χ4v) is 1.00. The zero-order chi connectivity index (χ0) is 11.6. The van der Waals surface area contributed by atoms with Crippen LogP contribution in [0.25, 0.3) is 0 Å². The van der Waals surface area contributed by atoms with Gasteiger partial charge in [0.15, 0.2) is 11.6 Å². The Morgan fingerprint density at radius 1 is 1.47 bits per heavy atom. The number of halogens is 2. The van der Waals surface area contributed by atoms with E-state index in [1.807, 2.05) is 20.8 Å². The van der Waals surface area contributed by atoms with Crippen molar-refractivity contribution in [2.45, 2.75) is 38.6 Å². The molecule has 0 amide bonds. The van der Waals surface area contributed by atoms with Crippen LogP contribution >= 0.6 is 11.6 Å². The molecule has 0 spiro atoms. The highest BCUT2D eigenvalue weighted by Gasteiger charge is 2.25. The zero-order valence-corrected chi connectivity index (χ0v) is 10.1. The van der Waals surface area contributed by atoms with Crippen molar-refractivity contribution in [3.63, 3.8) is 0 Å². The fourth-order valence-electron chi connectivity index (χ4n) is 0.950. The van der Waals surface area contributed by atoms with Crippen molar-refractivity contribution in [2.24, 2.45) is 0 Å². The Morgan fingerprint density at radius 3 is 2.60 bits per heavy atom. The highest BCUT2D eigenvalue weighted by molar-refractivity contribution is 6.21. The molecule has 0 aliphatic rings. The first-order valence-electron chi connectivity index (χ1n) is 4.74. The molecule has 0 fully saturated rings. The number of nitrogens with zero attached hydrogens (tertiary/aromatic N) is 2. The number of aromatic nitrogens is 2. The van der Waals surface area contributed by atoms with Crippen LogP contribution in [0.3, 0.4) is 0 Å². The van der Waals surface area contributed by atoms with Gasteiger partial charge in [-0.3, -0.25) is 0 Å². The summed E-state index contributed by atoms with van der Waals surface area (Å²) in [7, 11) is 0. The van der Waals surface area contributed by atoms with Gasteiger partial charge >= 0.3 is 0 Å². The van der Waals surface area contributed by atoms with Crippen molar-refractivity contribution >= 4 is 17.4 Å². The van der Waals surface area contributed by atoms with Gasteiger partial charge in [0.25, 0.3) is 0 Å². The van der Waals surface area contributed by atoms with Crippen molar-refractivity contribution in [3.05, 3.63) is 17.8 Å². The highest BCUT2D eigenvalue weighted by Crippen LogP contribution is 2.22. The molecule has 1 unspecified atom stereocenters. The van der Waals surface area contributed by atoms with E-state index in [0.717, 1.165) is 0 Å². The van der Waals surface area contributed by atoms with E-state index in [0.29, 0.717) is 5.69 Å².